The Balaban J connectivity index is 2.64. The summed E-state index contributed by atoms with van der Waals surface area (Å²) in [6.07, 6.45) is 0. The van der Waals surface area contributed by atoms with Gasteiger partial charge in [-0.3, -0.25) is 0 Å². The third-order valence-electron chi connectivity index (χ3n) is 1.47. The lowest BCUT2D eigenvalue weighted by Gasteiger charge is -2.10. The molecule has 0 aliphatic heterocycles. The second kappa shape index (κ2) is 4.46. The summed E-state index contributed by atoms with van der Waals surface area (Å²) in [6.45, 7) is 2.71. The molecule has 0 spiro atoms. The normalized spacial score (nSPS) is 11.1. The van der Waals surface area contributed by atoms with Crippen molar-refractivity contribution in [1.29, 1.82) is 0 Å². The van der Waals surface area contributed by atoms with E-state index < -0.39 is 5.57 Å². The van der Waals surface area contributed by atoms with Crippen LogP contribution in [0.4, 0.5) is 14.5 Å². The lowest BCUT2D eigenvalue weighted by molar-refractivity contribution is -0.0964. The van der Waals surface area contributed by atoms with Crippen molar-refractivity contribution in [1.82, 2.24) is 0 Å². The van der Waals surface area contributed by atoms with Gasteiger partial charge in [0.15, 0.2) is 0 Å². The summed E-state index contributed by atoms with van der Waals surface area (Å²) in [5.74, 6) is 0.0339. The minimum Gasteiger partial charge on any atom is -0.420 e. The monoisotopic (exact) mass is 221 g/mol. The predicted molar refractivity (Wildman–Crippen MR) is 52.0 cm³/mol. The number of ether oxygens (including phenoxy) is 1. The molecule has 0 unspecified atom stereocenters. The summed E-state index contributed by atoms with van der Waals surface area (Å²) in [7, 11) is 0. The molecule has 0 aliphatic carbocycles. The molecule has 0 saturated carbocycles. The molecule has 0 saturated heterocycles. The van der Waals surface area contributed by atoms with Crippen molar-refractivity contribution in [3.05, 3.63) is 24.3 Å². The number of benzene rings is 1. The molecule has 1 N–H and O–H groups in total. The number of nitrogens with one attached hydrogen (secondary N) is 1. The molecule has 1 rings (SSSR count). The van der Waals surface area contributed by atoms with E-state index in [2.05, 4.69) is 21.7 Å². The Morgan fingerprint density at radius 3 is 2.36 bits per heavy atom. The van der Waals surface area contributed by atoms with Crippen molar-refractivity contribution in [2.24, 2.45) is 0 Å². The summed E-state index contributed by atoms with van der Waals surface area (Å²) >= 11 is 4.60. The highest BCUT2D eigenvalue weighted by atomic mass is 35.5. The second-order valence-electron chi connectivity index (χ2n) is 2.60. The average Bonchev–Trinajstić information content (AvgIpc) is 2.06. The highest BCUT2D eigenvalue weighted by molar-refractivity contribution is 6.20. The fourth-order valence-electron chi connectivity index (χ4n) is 0.979. The molecule has 0 heterocycles. The number of hydrogen-bond donors (Lipinski definition) is 1. The third kappa shape index (κ3) is 3.79. The number of halogens is 3. The van der Waals surface area contributed by atoms with Gasteiger partial charge in [-0.25, -0.2) is 0 Å². The Kier molecular flexibility index (Phi) is 3.52. The number of alkyl halides is 3. The molecule has 0 fully saturated rings. The Morgan fingerprint density at radius 1 is 1.36 bits per heavy atom. The summed E-state index contributed by atoms with van der Waals surface area (Å²) in [6, 6.07) is 6.13. The van der Waals surface area contributed by atoms with Gasteiger partial charge in [0.2, 0.25) is 0 Å². The zero-order valence-electron chi connectivity index (χ0n) is 7.56. The van der Waals surface area contributed by atoms with E-state index in [1.54, 1.807) is 12.1 Å². The molecule has 0 amide bonds. The van der Waals surface area contributed by atoms with Gasteiger partial charge >= 0.3 is 5.57 Å². The molecule has 5 heteroatoms. The highest BCUT2D eigenvalue weighted by Crippen LogP contribution is 2.25. The molecular weight excluding hydrogens is 212 g/mol. The fraction of sp³-hybridized carbons (Fsp3) is 0.333. The van der Waals surface area contributed by atoms with Crippen LogP contribution >= 0.6 is 11.6 Å². The standard InChI is InChI=1S/C9H10ClF2NO/c1-2-13-7-3-5-8(6-4-7)14-9(10,11)12/h3-6,13H,2H2,1H3. The van der Waals surface area contributed by atoms with Gasteiger partial charge in [-0.2, -0.15) is 0 Å². The molecule has 2 nitrogen and oxygen atoms in total. The van der Waals surface area contributed by atoms with Crippen molar-refractivity contribution in [3.63, 3.8) is 0 Å². The summed E-state index contributed by atoms with van der Waals surface area (Å²) < 4.78 is 28.5. The van der Waals surface area contributed by atoms with Crippen molar-refractivity contribution in [2.45, 2.75) is 12.5 Å². The Labute approximate surface area is 85.8 Å². The third-order valence-corrected chi connectivity index (χ3v) is 1.55. The molecule has 1 aromatic carbocycles. The Hall–Kier alpha value is -1.03. The van der Waals surface area contributed by atoms with E-state index in [9.17, 15) is 8.78 Å². The van der Waals surface area contributed by atoms with E-state index in [0.717, 1.165) is 12.2 Å². The van der Waals surface area contributed by atoms with Gasteiger partial charge in [0, 0.05) is 23.8 Å². The van der Waals surface area contributed by atoms with E-state index in [1.807, 2.05) is 6.92 Å². The number of hydrogen-bond acceptors (Lipinski definition) is 2. The van der Waals surface area contributed by atoms with E-state index >= 15 is 0 Å². The van der Waals surface area contributed by atoms with Crippen LogP contribution in [-0.4, -0.2) is 12.1 Å². The first kappa shape index (κ1) is 11.0. The van der Waals surface area contributed by atoms with Gasteiger partial charge < -0.3 is 10.1 Å². The van der Waals surface area contributed by atoms with Gasteiger partial charge in [-0.1, -0.05) is 0 Å². The van der Waals surface area contributed by atoms with Crippen molar-refractivity contribution in [2.75, 3.05) is 11.9 Å². The molecule has 0 aliphatic rings. The van der Waals surface area contributed by atoms with Gasteiger partial charge in [-0.05, 0) is 31.2 Å². The quantitative estimate of drug-likeness (QED) is 0.788. The Bertz CT molecular complexity index is 284. The average molecular weight is 222 g/mol. The largest absolute Gasteiger partial charge is 0.487 e. The molecule has 14 heavy (non-hydrogen) atoms. The van der Waals surface area contributed by atoms with Crippen LogP contribution < -0.4 is 10.1 Å². The van der Waals surface area contributed by atoms with Gasteiger partial charge in [-0.15, -0.1) is 8.78 Å². The lowest BCUT2D eigenvalue weighted by Crippen LogP contribution is -2.15. The minimum absolute atomic E-state index is 0.0339. The molecular formula is C9H10ClF2NO. The molecule has 0 aromatic heterocycles. The van der Waals surface area contributed by atoms with E-state index in [1.165, 1.54) is 12.1 Å². The predicted octanol–water partition coefficient (Wildman–Crippen LogP) is 3.29. The van der Waals surface area contributed by atoms with Crippen LogP contribution in [0, 0.1) is 0 Å². The van der Waals surface area contributed by atoms with E-state index in [4.69, 9.17) is 0 Å². The first-order valence-corrected chi connectivity index (χ1v) is 4.49. The fourth-order valence-corrected chi connectivity index (χ4v) is 1.07. The summed E-state index contributed by atoms with van der Waals surface area (Å²) in [4.78, 5) is 0. The summed E-state index contributed by atoms with van der Waals surface area (Å²) in [5.41, 5.74) is -2.81. The zero-order valence-corrected chi connectivity index (χ0v) is 8.31. The van der Waals surface area contributed by atoms with Gasteiger partial charge in [0.1, 0.15) is 5.75 Å². The maximum Gasteiger partial charge on any atom is 0.487 e. The molecule has 0 bridgehead atoms. The smallest absolute Gasteiger partial charge is 0.420 e. The number of anilines is 1. The van der Waals surface area contributed by atoms with Crippen LogP contribution in [0.3, 0.4) is 0 Å². The lowest BCUT2D eigenvalue weighted by atomic mass is 10.3. The first-order chi connectivity index (χ1) is 6.51. The number of rotatable bonds is 4. The second-order valence-corrected chi connectivity index (χ2v) is 3.04. The molecule has 0 radical (unpaired) electrons. The van der Waals surface area contributed by atoms with Crippen molar-refractivity contribution < 1.29 is 13.5 Å². The zero-order chi connectivity index (χ0) is 10.6. The maximum atomic E-state index is 12.2. The van der Waals surface area contributed by atoms with Crippen molar-refractivity contribution in [3.8, 4) is 5.75 Å². The van der Waals surface area contributed by atoms with E-state index in [-0.39, 0.29) is 5.75 Å². The maximum absolute atomic E-state index is 12.2. The first-order valence-electron chi connectivity index (χ1n) is 4.11. The highest BCUT2D eigenvalue weighted by Gasteiger charge is 2.27. The van der Waals surface area contributed by atoms with Crippen LogP contribution in [0.2, 0.25) is 0 Å². The van der Waals surface area contributed by atoms with Gasteiger partial charge in [0.25, 0.3) is 0 Å². The van der Waals surface area contributed by atoms with Crippen LogP contribution in [0.25, 0.3) is 0 Å². The molecule has 0 atom stereocenters. The summed E-state index contributed by atoms with van der Waals surface area (Å²) in [5, 5.41) is 3.02. The minimum atomic E-state index is -3.65. The molecule has 1 aromatic rings. The topological polar surface area (TPSA) is 21.3 Å². The Morgan fingerprint density at radius 2 is 1.93 bits per heavy atom. The van der Waals surface area contributed by atoms with E-state index in [0.29, 0.717) is 0 Å². The van der Waals surface area contributed by atoms with Crippen LogP contribution in [-0.2, 0) is 0 Å². The van der Waals surface area contributed by atoms with Gasteiger partial charge in [0.05, 0.1) is 0 Å². The SMILES string of the molecule is CCNc1ccc(OC(F)(F)Cl)cc1. The van der Waals surface area contributed by atoms with Crippen LogP contribution in [0.1, 0.15) is 6.92 Å². The van der Waals surface area contributed by atoms with Crippen molar-refractivity contribution >= 4 is 17.3 Å². The van der Waals surface area contributed by atoms with Crippen LogP contribution in [0.5, 0.6) is 5.75 Å². The van der Waals surface area contributed by atoms with Crippen LogP contribution in [0.15, 0.2) is 24.3 Å². The molecule has 78 valence electrons.